The van der Waals surface area contributed by atoms with Gasteiger partial charge in [-0.05, 0) is 12.1 Å². The van der Waals surface area contributed by atoms with Gasteiger partial charge >= 0.3 is 0 Å². The Kier molecular flexibility index (Phi) is 2.97. The molecular formula is C11H15NO3. The molecule has 1 saturated heterocycles. The highest BCUT2D eigenvalue weighted by molar-refractivity contribution is 5.56. The van der Waals surface area contributed by atoms with Crippen LogP contribution in [0.5, 0.6) is 11.5 Å². The van der Waals surface area contributed by atoms with Gasteiger partial charge in [0, 0.05) is 12.5 Å². The van der Waals surface area contributed by atoms with E-state index >= 15 is 0 Å². The van der Waals surface area contributed by atoms with Crippen molar-refractivity contribution in [3.63, 3.8) is 0 Å². The summed E-state index contributed by atoms with van der Waals surface area (Å²) in [6.07, 6.45) is 1.09. The van der Waals surface area contributed by atoms with Crippen molar-refractivity contribution in [1.29, 1.82) is 0 Å². The summed E-state index contributed by atoms with van der Waals surface area (Å²) < 4.78 is 16.0. The first kappa shape index (κ1) is 10.1. The molecule has 0 spiro atoms. The van der Waals surface area contributed by atoms with Gasteiger partial charge in [-0.2, -0.15) is 0 Å². The smallest absolute Gasteiger partial charge is 0.142 e. The van der Waals surface area contributed by atoms with E-state index in [2.05, 4.69) is 0 Å². The Labute approximate surface area is 88.9 Å². The van der Waals surface area contributed by atoms with Crippen LogP contribution in [-0.4, -0.2) is 26.4 Å². The van der Waals surface area contributed by atoms with Gasteiger partial charge in [0.05, 0.1) is 26.0 Å². The summed E-state index contributed by atoms with van der Waals surface area (Å²) >= 11 is 0. The minimum atomic E-state index is 0.151. The molecule has 0 aliphatic carbocycles. The average Bonchev–Trinajstić information content (AvgIpc) is 2.71. The number of benzene rings is 1. The lowest BCUT2D eigenvalue weighted by molar-refractivity contribution is 0.141. The SMILES string of the molecule is COc1ccc(OC2CCOC2)cc1N. The number of ether oxygens (including phenoxy) is 3. The molecule has 2 N–H and O–H groups in total. The topological polar surface area (TPSA) is 53.7 Å². The quantitative estimate of drug-likeness (QED) is 0.765. The summed E-state index contributed by atoms with van der Waals surface area (Å²) in [4.78, 5) is 0. The molecule has 1 aliphatic heterocycles. The van der Waals surface area contributed by atoms with E-state index in [9.17, 15) is 0 Å². The van der Waals surface area contributed by atoms with E-state index in [1.54, 1.807) is 19.2 Å². The number of nitrogen functional groups attached to an aromatic ring is 1. The second kappa shape index (κ2) is 4.40. The fourth-order valence-electron chi connectivity index (χ4n) is 1.58. The van der Waals surface area contributed by atoms with Crippen LogP contribution in [0, 0.1) is 0 Å². The van der Waals surface area contributed by atoms with Crippen molar-refractivity contribution in [2.24, 2.45) is 0 Å². The summed E-state index contributed by atoms with van der Waals surface area (Å²) in [5.74, 6) is 1.44. The van der Waals surface area contributed by atoms with Crippen LogP contribution in [-0.2, 0) is 4.74 Å². The molecule has 0 aromatic heterocycles. The maximum atomic E-state index is 5.77. The lowest BCUT2D eigenvalue weighted by Gasteiger charge is -2.13. The largest absolute Gasteiger partial charge is 0.495 e. The third-order valence-corrected chi connectivity index (χ3v) is 2.39. The Bertz CT molecular complexity index is 335. The van der Waals surface area contributed by atoms with Crippen LogP contribution in [0.4, 0.5) is 5.69 Å². The average molecular weight is 209 g/mol. The standard InChI is InChI=1S/C11H15NO3/c1-13-11-3-2-8(6-10(11)12)15-9-4-5-14-7-9/h2-3,6,9H,4-5,7,12H2,1H3. The molecule has 4 heteroatoms. The third-order valence-electron chi connectivity index (χ3n) is 2.39. The van der Waals surface area contributed by atoms with Gasteiger partial charge in [0.1, 0.15) is 17.6 Å². The number of anilines is 1. The van der Waals surface area contributed by atoms with E-state index in [1.165, 1.54) is 0 Å². The molecule has 1 aromatic carbocycles. The van der Waals surface area contributed by atoms with Crippen molar-refractivity contribution >= 4 is 5.69 Å². The lowest BCUT2D eigenvalue weighted by Crippen LogP contribution is -2.15. The van der Waals surface area contributed by atoms with Crippen molar-refractivity contribution in [3.8, 4) is 11.5 Å². The Morgan fingerprint density at radius 3 is 2.93 bits per heavy atom. The van der Waals surface area contributed by atoms with E-state index in [1.807, 2.05) is 6.07 Å². The molecule has 82 valence electrons. The molecule has 0 saturated carbocycles. The fourth-order valence-corrected chi connectivity index (χ4v) is 1.58. The number of nitrogens with two attached hydrogens (primary N) is 1. The monoisotopic (exact) mass is 209 g/mol. The first-order chi connectivity index (χ1) is 7.29. The molecule has 4 nitrogen and oxygen atoms in total. The molecule has 1 heterocycles. The van der Waals surface area contributed by atoms with Gasteiger partial charge < -0.3 is 19.9 Å². The molecule has 0 bridgehead atoms. The fraction of sp³-hybridized carbons (Fsp3) is 0.455. The maximum Gasteiger partial charge on any atom is 0.142 e. The number of methoxy groups -OCH3 is 1. The van der Waals surface area contributed by atoms with Gasteiger partial charge in [0.2, 0.25) is 0 Å². The molecule has 1 fully saturated rings. The molecule has 0 radical (unpaired) electrons. The van der Waals surface area contributed by atoms with E-state index in [4.69, 9.17) is 19.9 Å². The summed E-state index contributed by atoms with van der Waals surface area (Å²) in [6, 6.07) is 5.44. The van der Waals surface area contributed by atoms with Crippen molar-refractivity contribution in [2.45, 2.75) is 12.5 Å². The summed E-state index contributed by atoms with van der Waals surface area (Å²) in [6.45, 7) is 1.43. The Morgan fingerprint density at radius 2 is 2.33 bits per heavy atom. The van der Waals surface area contributed by atoms with E-state index in [0.29, 0.717) is 18.0 Å². The van der Waals surface area contributed by atoms with Crippen molar-refractivity contribution in [1.82, 2.24) is 0 Å². The molecule has 1 aromatic rings. The normalized spacial score (nSPS) is 20.2. The second-order valence-electron chi connectivity index (χ2n) is 3.51. The zero-order valence-electron chi connectivity index (χ0n) is 8.73. The van der Waals surface area contributed by atoms with Crippen LogP contribution in [0.2, 0.25) is 0 Å². The molecule has 0 amide bonds. The highest BCUT2D eigenvalue weighted by Gasteiger charge is 2.17. The first-order valence-electron chi connectivity index (χ1n) is 4.97. The molecule has 15 heavy (non-hydrogen) atoms. The number of hydrogen-bond donors (Lipinski definition) is 1. The van der Waals surface area contributed by atoms with Crippen LogP contribution >= 0.6 is 0 Å². The number of rotatable bonds is 3. The van der Waals surface area contributed by atoms with Crippen molar-refractivity contribution in [3.05, 3.63) is 18.2 Å². The third kappa shape index (κ3) is 2.33. The second-order valence-corrected chi connectivity index (χ2v) is 3.51. The molecule has 1 unspecified atom stereocenters. The minimum Gasteiger partial charge on any atom is -0.495 e. The van der Waals surface area contributed by atoms with Crippen LogP contribution in [0.1, 0.15) is 6.42 Å². The van der Waals surface area contributed by atoms with Crippen LogP contribution in [0.15, 0.2) is 18.2 Å². The Morgan fingerprint density at radius 1 is 1.47 bits per heavy atom. The zero-order valence-corrected chi connectivity index (χ0v) is 8.73. The highest BCUT2D eigenvalue weighted by Crippen LogP contribution is 2.27. The molecule has 1 atom stereocenters. The first-order valence-corrected chi connectivity index (χ1v) is 4.97. The summed E-state index contributed by atoms with van der Waals surface area (Å²) in [7, 11) is 1.59. The van der Waals surface area contributed by atoms with Gasteiger partial charge in [-0.1, -0.05) is 0 Å². The van der Waals surface area contributed by atoms with E-state index in [-0.39, 0.29) is 6.10 Å². The van der Waals surface area contributed by atoms with Gasteiger partial charge in [-0.15, -0.1) is 0 Å². The molecular weight excluding hydrogens is 194 g/mol. The van der Waals surface area contributed by atoms with Crippen LogP contribution in [0.25, 0.3) is 0 Å². The lowest BCUT2D eigenvalue weighted by atomic mass is 10.2. The predicted octanol–water partition coefficient (Wildman–Crippen LogP) is 1.45. The van der Waals surface area contributed by atoms with Crippen molar-refractivity contribution < 1.29 is 14.2 Å². The molecule has 2 rings (SSSR count). The van der Waals surface area contributed by atoms with Gasteiger partial charge in [0.25, 0.3) is 0 Å². The van der Waals surface area contributed by atoms with E-state index < -0.39 is 0 Å². The summed E-state index contributed by atoms with van der Waals surface area (Å²) in [5, 5.41) is 0. The highest BCUT2D eigenvalue weighted by atomic mass is 16.5. The predicted molar refractivity (Wildman–Crippen MR) is 57.3 cm³/mol. The van der Waals surface area contributed by atoms with Gasteiger partial charge in [0.15, 0.2) is 0 Å². The van der Waals surface area contributed by atoms with Crippen molar-refractivity contribution in [2.75, 3.05) is 26.1 Å². The van der Waals surface area contributed by atoms with E-state index in [0.717, 1.165) is 18.8 Å². The summed E-state index contributed by atoms with van der Waals surface area (Å²) in [5.41, 5.74) is 6.36. The Balaban J connectivity index is 2.05. The van der Waals surface area contributed by atoms with Gasteiger partial charge in [-0.3, -0.25) is 0 Å². The zero-order chi connectivity index (χ0) is 10.7. The molecule has 1 aliphatic rings. The Hall–Kier alpha value is -1.42. The maximum absolute atomic E-state index is 5.77. The number of hydrogen-bond acceptors (Lipinski definition) is 4. The minimum absolute atomic E-state index is 0.151. The van der Waals surface area contributed by atoms with Crippen LogP contribution < -0.4 is 15.2 Å². The van der Waals surface area contributed by atoms with Gasteiger partial charge in [-0.25, -0.2) is 0 Å². The van der Waals surface area contributed by atoms with Crippen LogP contribution in [0.3, 0.4) is 0 Å².